The van der Waals surface area contributed by atoms with Crippen LogP contribution in [0.1, 0.15) is 18.9 Å². The number of hydrogen-bond donors (Lipinski definition) is 0. The van der Waals surface area contributed by atoms with Crippen molar-refractivity contribution in [3.63, 3.8) is 0 Å². The predicted octanol–water partition coefficient (Wildman–Crippen LogP) is 1.83. The maximum absolute atomic E-state index is 12.3. The van der Waals surface area contributed by atoms with Crippen molar-refractivity contribution in [3.05, 3.63) is 29.8 Å². The Hall–Kier alpha value is -1.38. The highest BCUT2D eigenvalue weighted by molar-refractivity contribution is 7.89. The Bertz CT molecular complexity index is 589. The molecule has 0 spiro atoms. The summed E-state index contributed by atoms with van der Waals surface area (Å²) in [4.78, 5) is 0.192. The van der Waals surface area contributed by atoms with Crippen molar-refractivity contribution in [1.82, 2.24) is 4.31 Å². The van der Waals surface area contributed by atoms with E-state index in [0.29, 0.717) is 23.9 Å². The topological polar surface area (TPSA) is 61.2 Å². The van der Waals surface area contributed by atoms with Crippen LogP contribution in [0.4, 0.5) is 0 Å². The van der Waals surface area contributed by atoms with Crippen molar-refractivity contribution in [1.29, 1.82) is 5.26 Å². The summed E-state index contributed by atoms with van der Waals surface area (Å²) in [5.41, 5.74) is 0.365. The molecule has 2 rings (SSSR count). The summed E-state index contributed by atoms with van der Waals surface area (Å²) in [6.45, 7) is 2.68. The van der Waals surface area contributed by atoms with Gasteiger partial charge in [0.25, 0.3) is 0 Å². The lowest BCUT2D eigenvalue weighted by atomic mass is 10.2. The maximum atomic E-state index is 12.3. The monoisotopic (exact) mass is 264 g/mol. The fraction of sp³-hybridized carbons (Fsp3) is 0.462. The summed E-state index contributed by atoms with van der Waals surface area (Å²) in [7, 11) is -1.87. The Morgan fingerprint density at radius 1 is 1.50 bits per heavy atom. The van der Waals surface area contributed by atoms with E-state index in [-0.39, 0.29) is 4.90 Å². The molecule has 4 nitrogen and oxygen atoms in total. The molecule has 1 aromatic rings. The first-order chi connectivity index (χ1) is 8.45. The van der Waals surface area contributed by atoms with Gasteiger partial charge in [0.05, 0.1) is 16.5 Å². The largest absolute Gasteiger partial charge is 0.242 e. The third-order valence-corrected chi connectivity index (χ3v) is 5.26. The van der Waals surface area contributed by atoms with Crippen LogP contribution in [0.5, 0.6) is 0 Å². The van der Waals surface area contributed by atoms with Crippen LogP contribution in [0.3, 0.4) is 0 Å². The molecule has 0 amide bonds. The molecule has 0 aliphatic heterocycles. The van der Waals surface area contributed by atoms with E-state index < -0.39 is 10.0 Å². The summed E-state index contributed by atoms with van der Waals surface area (Å²) in [6, 6.07) is 8.10. The van der Waals surface area contributed by atoms with Crippen molar-refractivity contribution in [2.24, 2.45) is 11.8 Å². The second kappa shape index (κ2) is 4.71. The number of nitrogens with zero attached hydrogens (tertiary/aromatic N) is 2. The highest BCUT2D eigenvalue weighted by Crippen LogP contribution is 2.38. The predicted molar refractivity (Wildman–Crippen MR) is 68.2 cm³/mol. The SMILES string of the molecule is CC1CC1CN(C)S(=O)(=O)c1cccc(C#N)c1. The van der Waals surface area contributed by atoms with Crippen molar-refractivity contribution in [3.8, 4) is 6.07 Å². The Morgan fingerprint density at radius 2 is 2.17 bits per heavy atom. The molecule has 96 valence electrons. The summed E-state index contributed by atoms with van der Waals surface area (Å²) in [5.74, 6) is 1.09. The van der Waals surface area contributed by atoms with Gasteiger partial charge in [-0.25, -0.2) is 12.7 Å². The van der Waals surface area contributed by atoms with Crippen LogP contribution in [0.2, 0.25) is 0 Å². The average molecular weight is 264 g/mol. The molecule has 1 aromatic carbocycles. The van der Waals surface area contributed by atoms with Gasteiger partial charge >= 0.3 is 0 Å². The van der Waals surface area contributed by atoms with Gasteiger partial charge in [-0.05, 0) is 36.5 Å². The third-order valence-electron chi connectivity index (χ3n) is 3.44. The fourth-order valence-corrected chi connectivity index (χ4v) is 3.26. The molecule has 2 unspecified atom stereocenters. The molecule has 0 heterocycles. The van der Waals surface area contributed by atoms with Crippen molar-refractivity contribution in [2.75, 3.05) is 13.6 Å². The van der Waals surface area contributed by atoms with E-state index in [1.54, 1.807) is 19.2 Å². The maximum Gasteiger partial charge on any atom is 0.242 e. The first-order valence-corrected chi connectivity index (χ1v) is 7.35. The molecule has 1 saturated carbocycles. The molecule has 0 radical (unpaired) electrons. The average Bonchev–Trinajstić information content (AvgIpc) is 3.04. The number of nitriles is 1. The lowest BCUT2D eigenvalue weighted by molar-refractivity contribution is 0.444. The first kappa shape index (κ1) is 13.1. The minimum atomic E-state index is -3.47. The molecule has 0 bridgehead atoms. The van der Waals surface area contributed by atoms with E-state index in [9.17, 15) is 8.42 Å². The first-order valence-electron chi connectivity index (χ1n) is 5.91. The number of rotatable bonds is 4. The molecule has 0 N–H and O–H groups in total. The molecular weight excluding hydrogens is 248 g/mol. The van der Waals surface area contributed by atoms with Gasteiger partial charge in [-0.3, -0.25) is 0 Å². The third kappa shape index (κ3) is 2.55. The van der Waals surface area contributed by atoms with Crippen LogP contribution in [0, 0.1) is 23.2 Å². The second-order valence-corrected chi connectivity index (χ2v) is 6.94. The van der Waals surface area contributed by atoms with Gasteiger partial charge in [-0.2, -0.15) is 5.26 Å². The van der Waals surface area contributed by atoms with Gasteiger partial charge in [0.1, 0.15) is 0 Å². The molecule has 0 saturated heterocycles. The van der Waals surface area contributed by atoms with E-state index >= 15 is 0 Å². The van der Waals surface area contributed by atoms with Gasteiger partial charge in [-0.1, -0.05) is 13.0 Å². The molecule has 0 aromatic heterocycles. The van der Waals surface area contributed by atoms with E-state index in [1.165, 1.54) is 16.4 Å². The van der Waals surface area contributed by atoms with E-state index in [1.807, 2.05) is 6.07 Å². The molecule has 1 aliphatic carbocycles. The zero-order valence-corrected chi connectivity index (χ0v) is 11.3. The van der Waals surface area contributed by atoms with Crippen LogP contribution < -0.4 is 0 Å². The molecule has 5 heteroatoms. The summed E-state index contributed by atoms with van der Waals surface area (Å²) in [6.07, 6.45) is 1.10. The van der Waals surface area contributed by atoms with E-state index in [0.717, 1.165) is 6.42 Å². The van der Waals surface area contributed by atoms with Crippen LogP contribution in [0.25, 0.3) is 0 Å². The van der Waals surface area contributed by atoms with Gasteiger partial charge in [0.2, 0.25) is 10.0 Å². The highest BCUT2D eigenvalue weighted by Gasteiger charge is 2.36. The lowest BCUT2D eigenvalue weighted by Crippen LogP contribution is -2.29. The molecule has 18 heavy (non-hydrogen) atoms. The van der Waals surface area contributed by atoms with Gasteiger partial charge < -0.3 is 0 Å². The normalized spacial score (nSPS) is 22.8. The zero-order chi connectivity index (χ0) is 13.3. The zero-order valence-electron chi connectivity index (χ0n) is 10.5. The van der Waals surface area contributed by atoms with E-state index in [4.69, 9.17) is 5.26 Å². The number of sulfonamides is 1. The van der Waals surface area contributed by atoms with Crippen LogP contribution in [-0.2, 0) is 10.0 Å². The molecule has 1 aliphatic rings. The van der Waals surface area contributed by atoms with Crippen molar-refractivity contribution < 1.29 is 8.42 Å². The molecular formula is C13H16N2O2S. The minimum absolute atomic E-state index is 0.192. The fourth-order valence-electron chi connectivity index (χ4n) is 1.99. The second-order valence-electron chi connectivity index (χ2n) is 4.90. The Balaban J connectivity index is 2.21. The molecule has 1 fully saturated rings. The lowest BCUT2D eigenvalue weighted by Gasteiger charge is -2.17. The summed E-state index contributed by atoms with van der Waals surface area (Å²) in [5, 5.41) is 8.80. The van der Waals surface area contributed by atoms with Crippen LogP contribution in [0.15, 0.2) is 29.2 Å². The Morgan fingerprint density at radius 3 is 2.72 bits per heavy atom. The summed E-state index contributed by atoms with van der Waals surface area (Å²) < 4.78 is 26.0. The van der Waals surface area contributed by atoms with Gasteiger partial charge in [0, 0.05) is 13.6 Å². The quantitative estimate of drug-likeness (QED) is 0.833. The Kier molecular flexibility index (Phi) is 3.42. The number of hydrogen-bond acceptors (Lipinski definition) is 3. The van der Waals surface area contributed by atoms with Crippen LogP contribution >= 0.6 is 0 Å². The standard InChI is InChI=1S/C13H16N2O2S/c1-10-6-12(10)9-15(2)18(16,17)13-5-3-4-11(7-13)8-14/h3-5,7,10,12H,6,9H2,1-2H3. The van der Waals surface area contributed by atoms with Crippen molar-refractivity contribution in [2.45, 2.75) is 18.2 Å². The van der Waals surface area contributed by atoms with Gasteiger partial charge in [0.15, 0.2) is 0 Å². The van der Waals surface area contributed by atoms with Gasteiger partial charge in [-0.15, -0.1) is 0 Å². The van der Waals surface area contributed by atoms with Crippen molar-refractivity contribution >= 4 is 10.0 Å². The smallest absolute Gasteiger partial charge is 0.207 e. The Labute approximate surface area is 108 Å². The highest BCUT2D eigenvalue weighted by atomic mass is 32.2. The van der Waals surface area contributed by atoms with E-state index in [2.05, 4.69) is 6.92 Å². The summed E-state index contributed by atoms with van der Waals surface area (Å²) >= 11 is 0. The van der Waals surface area contributed by atoms with Crippen LogP contribution in [-0.4, -0.2) is 26.3 Å². The molecule has 2 atom stereocenters. The minimum Gasteiger partial charge on any atom is -0.207 e. The number of benzene rings is 1.